The van der Waals surface area contributed by atoms with Crippen LogP contribution in [0.3, 0.4) is 0 Å². The molecule has 32 heteroatoms. The Kier molecular flexibility index (Phi) is 192. The van der Waals surface area contributed by atoms with E-state index in [9.17, 15) is 34.2 Å². The fraction of sp³-hybridized carbons (Fsp3) is 0.903. The molecule has 0 radical (unpaired) electrons. The van der Waals surface area contributed by atoms with Crippen LogP contribution in [-0.2, 0) is 43.0 Å². The maximum atomic E-state index is 11.3. The monoisotopic (exact) mass is 1450 g/mol. The van der Waals surface area contributed by atoms with E-state index in [0.717, 1.165) is 84.8 Å². The van der Waals surface area contributed by atoms with E-state index in [1.54, 1.807) is 0 Å². The quantitative estimate of drug-likeness (QED) is 0.0111. The molecule has 0 amide bonds. The summed E-state index contributed by atoms with van der Waals surface area (Å²) in [7, 11) is 25.1. The van der Waals surface area contributed by atoms with Crippen molar-refractivity contribution < 1.29 is 261 Å². The first-order valence-electron chi connectivity index (χ1n) is 30.9. The van der Waals surface area contributed by atoms with Crippen LogP contribution in [0.5, 0.6) is 0 Å². The molecule has 94 heavy (non-hydrogen) atoms. The van der Waals surface area contributed by atoms with Crippen LogP contribution in [-0.4, -0.2) is 268 Å². The van der Waals surface area contributed by atoms with Crippen molar-refractivity contribution in [3.05, 3.63) is 0 Å². The number of nitrogens with zero attached hydrogens (tertiary/aromatic N) is 4. The maximum absolute atomic E-state index is 11.3. The molecule has 0 aromatic heterocycles. The van der Waals surface area contributed by atoms with Crippen LogP contribution in [0.2, 0.25) is 0 Å². The molecule has 0 aliphatic rings. The zero-order valence-corrected chi connectivity index (χ0v) is 74.2. The third kappa shape index (κ3) is 234. The van der Waals surface area contributed by atoms with Crippen molar-refractivity contribution in [3.63, 3.8) is 0 Å². The molecule has 0 aliphatic carbocycles. The molecule has 0 rings (SSSR count). The number of unbranched alkanes of at least 4 members (excludes halogenated alkanes) is 18. The van der Waals surface area contributed by atoms with Crippen LogP contribution in [0.15, 0.2) is 0 Å². The summed E-state index contributed by atoms with van der Waals surface area (Å²) in [5, 5.41) is 68.1. The molecule has 0 heterocycles. The van der Waals surface area contributed by atoms with Gasteiger partial charge in [-0.3, -0.25) is 4.79 Å². The van der Waals surface area contributed by atoms with Gasteiger partial charge in [-0.1, -0.05) is 170 Å². The van der Waals surface area contributed by atoms with Crippen LogP contribution < -0.4 is 175 Å². The first kappa shape index (κ1) is 149. The molecule has 0 bridgehead atoms. The van der Waals surface area contributed by atoms with Gasteiger partial charge in [0.15, 0.2) is 26.2 Å². The zero-order valence-electron chi connectivity index (χ0n) is 64.6. The first-order chi connectivity index (χ1) is 39.6. The third-order valence-corrected chi connectivity index (χ3v) is 9.55. The van der Waals surface area contributed by atoms with Gasteiger partial charge in [-0.25, -0.2) is 19.2 Å². The van der Waals surface area contributed by atoms with Crippen LogP contribution in [0, 0.1) is 0 Å². The number of carbonyl (C=O) groups excluding carboxylic acids is 4. The Morgan fingerprint density at radius 3 is 0.670 bits per heavy atom. The molecule has 560 valence electrons. The average molecular weight is 1460 g/mol. The van der Waals surface area contributed by atoms with Gasteiger partial charge in [0, 0.05) is 20.3 Å². The number of rotatable bonds is 37. The van der Waals surface area contributed by atoms with E-state index in [0.29, 0.717) is 64.0 Å². The Hall–Kier alpha value is 0.840. The second-order valence-electron chi connectivity index (χ2n) is 23.5. The Bertz CT molecular complexity index is 1250. The molecule has 0 saturated heterocycles. The van der Waals surface area contributed by atoms with E-state index >= 15 is 0 Å². The summed E-state index contributed by atoms with van der Waals surface area (Å²) in [6, 6.07) is 0. The van der Waals surface area contributed by atoms with E-state index in [2.05, 4.69) is 53.0 Å². The second-order valence-corrected chi connectivity index (χ2v) is 23.5. The van der Waals surface area contributed by atoms with E-state index in [1.165, 1.54) is 83.5 Å². The molecular formula is C62H144Cl2N6Na4O20. The molecule has 0 saturated carbocycles. The predicted octanol–water partition coefficient (Wildman–Crippen LogP) is -15.2. The van der Waals surface area contributed by atoms with Crippen LogP contribution in [0.1, 0.15) is 196 Å². The SMILES string of the molecule is CCCCCCO.CCCCCCOC(=O)C[N+](C)(C)C.CCCCCCOC(=O)C[N+](C)(C)C.CCCCCCOC(=O)C[N+](C)(C)C.CCCCCC[O-].CCCCCC[O-].CO.C[N+](C)(C)CC(=O)O.C[O-].NCC(=O)O.NCC(=O)[O-].O.[Cl-].[Cl-].[Na+].[Na+].[Na+].[Na+].[OH-].[OH-]. The molecule has 26 nitrogen and oxygen atoms in total. The van der Waals surface area contributed by atoms with Crippen LogP contribution >= 0.6 is 0 Å². The van der Waals surface area contributed by atoms with Gasteiger partial charge < -0.3 is 130 Å². The summed E-state index contributed by atoms with van der Waals surface area (Å²) in [6.45, 7) is 16.2. The molecule has 0 spiro atoms. The number of aliphatic hydroxyl groups is 2. The zero-order chi connectivity index (χ0) is 69.0. The molecule has 0 fully saturated rings. The van der Waals surface area contributed by atoms with Gasteiger partial charge in [0.2, 0.25) is 0 Å². The number of carboxylic acid groups (broad SMARTS) is 3. The summed E-state index contributed by atoms with van der Waals surface area (Å²) < 4.78 is 17.7. The normalized spacial score (nSPS) is 9.10. The third-order valence-electron chi connectivity index (χ3n) is 9.55. The Labute approximate surface area is 675 Å². The summed E-state index contributed by atoms with van der Waals surface area (Å²) in [5.74, 6) is -3.20. The van der Waals surface area contributed by atoms with Crippen LogP contribution in [0.25, 0.3) is 0 Å². The topological polar surface area (TPSA) is 447 Å². The average Bonchev–Trinajstić information content (AvgIpc) is 3.39. The van der Waals surface area contributed by atoms with E-state index in [1.807, 2.05) is 84.6 Å². The number of nitrogens with two attached hydrogens (primary N) is 2. The van der Waals surface area contributed by atoms with E-state index < -0.39 is 17.9 Å². The summed E-state index contributed by atoms with van der Waals surface area (Å²) >= 11 is 0. The van der Waals surface area contributed by atoms with Crippen molar-refractivity contribution in [2.75, 3.05) is 178 Å². The fourth-order valence-corrected chi connectivity index (χ4v) is 5.45. The Balaban J connectivity index is -0.0000000365. The molecule has 0 atom stereocenters. The number of ether oxygens (including phenoxy) is 3. The Morgan fingerprint density at radius 1 is 0.372 bits per heavy atom. The number of esters is 3. The van der Waals surface area contributed by atoms with Crippen molar-refractivity contribution in [2.45, 2.75) is 196 Å². The number of quaternary nitrogens is 4. The molecule has 0 aromatic carbocycles. The minimum Gasteiger partial charge on any atom is -1.00 e. The van der Waals surface area contributed by atoms with Crippen molar-refractivity contribution in [1.29, 1.82) is 0 Å². The smallest absolute Gasteiger partial charge is 1.00 e. The minimum atomic E-state index is -1.22. The number of aliphatic hydroxyl groups excluding tert-OH is 2. The van der Waals surface area contributed by atoms with Gasteiger partial charge in [-0.2, -0.15) is 7.11 Å². The van der Waals surface area contributed by atoms with Crippen molar-refractivity contribution in [3.8, 4) is 0 Å². The number of likely N-dealkylation sites (N-methyl/N-ethyl adjacent to an activating group) is 4. The second kappa shape index (κ2) is 121. The summed E-state index contributed by atoms with van der Waals surface area (Å²) in [4.78, 5) is 62.1. The van der Waals surface area contributed by atoms with Crippen LogP contribution in [0.4, 0.5) is 0 Å². The number of carbonyl (C=O) groups is 6. The number of carboxylic acids is 3. The van der Waals surface area contributed by atoms with E-state index in [4.69, 9.17) is 49.6 Å². The van der Waals surface area contributed by atoms with Gasteiger partial charge in [-0.15, -0.1) is 13.2 Å². The van der Waals surface area contributed by atoms with Gasteiger partial charge in [0.25, 0.3) is 0 Å². The Morgan fingerprint density at radius 2 is 0.553 bits per heavy atom. The van der Waals surface area contributed by atoms with Crippen molar-refractivity contribution in [2.24, 2.45) is 11.5 Å². The number of hydrogen-bond acceptors (Lipinski definition) is 19. The first-order valence-corrected chi connectivity index (χ1v) is 30.9. The number of hydrogen-bond donors (Lipinski definition) is 6. The van der Waals surface area contributed by atoms with Gasteiger partial charge in [0.05, 0.1) is 117 Å². The van der Waals surface area contributed by atoms with Crippen molar-refractivity contribution >= 4 is 35.8 Å². The van der Waals surface area contributed by atoms with E-state index in [-0.39, 0.29) is 210 Å². The van der Waals surface area contributed by atoms with Gasteiger partial charge in [-0.05, 0) is 25.7 Å². The molecule has 12 N–H and O–H groups in total. The van der Waals surface area contributed by atoms with Gasteiger partial charge >= 0.3 is 148 Å². The maximum Gasteiger partial charge on any atom is 1.00 e. The van der Waals surface area contributed by atoms with Crippen molar-refractivity contribution in [1.82, 2.24) is 0 Å². The number of halogens is 2. The molecule has 0 aromatic rings. The fourth-order valence-electron chi connectivity index (χ4n) is 5.45. The largest absolute Gasteiger partial charge is 1.00 e. The number of aliphatic carboxylic acids is 3. The molecular weight excluding hydrogens is 1310 g/mol. The standard InChI is InChI=1S/3C11H24NO2.C6H14O.2C6H13O.C5H11NO2.2C2H5NO2.CH4O.CH3O.2ClH.4Na.3H2O/c3*1-5-6-7-8-9-14-11(13)10-12(2,3)4;3*1-2-3-4-5-6-7;1-6(2,3)4-5(7)8;2*3-1-2(4)5;2*1-2;;;;;;;;;/h3*5-10H2,1-4H3;7H,2-6H2,1H3;2*2-6H2,1H3;4H2,1-3H3;2*1,3H2,(H,4,5);2H,1H3;1H3;2*1H;;;;;3*1H2/q3*+1;;2*-1;;;;;-1;;;4*+1;;;/p-4. The van der Waals surface area contributed by atoms with Gasteiger partial charge in [0.1, 0.15) is 0 Å². The summed E-state index contributed by atoms with van der Waals surface area (Å²) in [6.07, 6.45) is 27.4. The summed E-state index contributed by atoms with van der Waals surface area (Å²) in [5.41, 5.74) is 9.08. The minimum absolute atomic E-state index is 0. The molecule has 0 unspecified atom stereocenters. The predicted molar refractivity (Wildman–Crippen MR) is 346 cm³/mol. The molecule has 0 aliphatic heterocycles.